The Bertz CT molecular complexity index is 412. The van der Waals surface area contributed by atoms with E-state index in [-0.39, 0.29) is 11.8 Å². The fourth-order valence-corrected chi connectivity index (χ4v) is 2.37. The molecule has 15 heavy (non-hydrogen) atoms. The molecule has 2 N–H and O–H groups in total. The van der Waals surface area contributed by atoms with Crippen molar-refractivity contribution < 1.29 is 9.53 Å². The summed E-state index contributed by atoms with van der Waals surface area (Å²) in [5.74, 6) is 0.547. The summed E-state index contributed by atoms with van der Waals surface area (Å²) in [5.41, 5.74) is 8.68. The van der Waals surface area contributed by atoms with Gasteiger partial charge in [0, 0.05) is 0 Å². The Hall–Kier alpha value is -1.51. The molecule has 0 saturated carbocycles. The lowest BCUT2D eigenvalue weighted by molar-refractivity contribution is -0.119. The van der Waals surface area contributed by atoms with Crippen LogP contribution in [0.25, 0.3) is 0 Å². The summed E-state index contributed by atoms with van der Waals surface area (Å²) in [6.07, 6.45) is 1.69. The first kappa shape index (κ1) is 10.0. The topological polar surface area (TPSA) is 52.3 Å². The summed E-state index contributed by atoms with van der Waals surface area (Å²) in [7, 11) is 1.67. The van der Waals surface area contributed by atoms with Crippen LogP contribution in [0.4, 0.5) is 0 Å². The van der Waals surface area contributed by atoms with Crippen LogP contribution < -0.4 is 10.5 Å². The molecule has 0 spiro atoms. The second-order valence-corrected chi connectivity index (χ2v) is 3.98. The molecule has 1 unspecified atom stereocenters. The average molecular weight is 205 g/mol. The van der Waals surface area contributed by atoms with Crippen LogP contribution in [-0.4, -0.2) is 13.0 Å². The molecule has 0 radical (unpaired) electrons. The molecule has 0 bridgehead atoms. The van der Waals surface area contributed by atoms with Gasteiger partial charge in [0.1, 0.15) is 5.75 Å². The number of benzene rings is 1. The minimum absolute atomic E-state index is 0.130. The van der Waals surface area contributed by atoms with Gasteiger partial charge < -0.3 is 10.5 Å². The zero-order chi connectivity index (χ0) is 11.0. The first-order valence-corrected chi connectivity index (χ1v) is 5.11. The van der Waals surface area contributed by atoms with Gasteiger partial charge >= 0.3 is 0 Å². The SMILES string of the molecule is COc1c(C)ccc2c1CCC2C(N)=O. The summed E-state index contributed by atoms with van der Waals surface area (Å²) in [6, 6.07) is 3.98. The Labute approximate surface area is 89.2 Å². The van der Waals surface area contributed by atoms with Crippen molar-refractivity contribution in [2.45, 2.75) is 25.7 Å². The van der Waals surface area contributed by atoms with E-state index in [0.29, 0.717) is 0 Å². The van der Waals surface area contributed by atoms with Crippen LogP contribution in [0.15, 0.2) is 12.1 Å². The van der Waals surface area contributed by atoms with Gasteiger partial charge in [0.05, 0.1) is 13.0 Å². The molecular formula is C12H15NO2. The fourth-order valence-electron chi connectivity index (χ4n) is 2.37. The molecule has 0 aromatic heterocycles. The lowest BCUT2D eigenvalue weighted by Crippen LogP contribution is -2.19. The predicted octanol–water partition coefficient (Wildman–Crippen LogP) is 1.52. The lowest BCUT2D eigenvalue weighted by atomic mass is 9.99. The lowest BCUT2D eigenvalue weighted by Gasteiger charge is -2.12. The van der Waals surface area contributed by atoms with Gasteiger partial charge in [-0.05, 0) is 36.5 Å². The molecule has 0 saturated heterocycles. The number of hydrogen-bond acceptors (Lipinski definition) is 2. The molecule has 2 rings (SSSR count). The van der Waals surface area contributed by atoms with Gasteiger partial charge in [-0.15, -0.1) is 0 Å². The Morgan fingerprint density at radius 2 is 2.27 bits per heavy atom. The summed E-state index contributed by atoms with van der Waals surface area (Å²) in [4.78, 5) is 11.2. The van der Waals surface area contributed by atoms with Crippen molar-refractivity contribution in [1.29, 1.82) is 0 Å². The van der Waals surface area contributed by atoms with E-state index in [2.05, 4.69) is 0 Å². The minimum atomic E-state index is -0.236. The zero-order valence-corrected chi connectivity index (χ0v) is 9.04. The first-order valence-electron chi connectivity index (χ1n) is 5.11. The van der Waals surface area contributed by atoms with Crippen LogP contribution in [0.1, 0.15) is 29.0 Å². The van der Waals surface area contributed by atoms with Crippen molar-refractivity contribution in [2.24, 2.45) is 5.73 Å². The standard InChI is InChI=1S/C12H15NO2/c1-7-3-4-8-9(11(7)15-2)5-6-10(8)12(13)14/h3-4,10H,5-6H2,1-2H3,(H2,13,14). The van der Waals surface area contributed by atoms with Crippen LogP contribution in [0.3, 0.4) is 0 Å². The van der Waals surface area contributed by atoms with Gasteiger partial charge in [0.25, 0.3) is 0 Å². The molecule has 1 amide bonds. The van der Waals surface area contributed by atoms with Crippen molar-refractivity contribution in [3.8, 4) is 5.75 Å². The van der Waals surface area contributed by atoms with Gasteiger partial charge in [0.15, 0.2) is 0 Å². The van der Waals surface area contributed by atoms with E-state index in [1.165, 1.54) is 0 Å². The number of methoxy groups -OCH3 is 1. The summed E-state index contributed by atoms with van der Waals surface area (Å²) in [6.45, 7) is 2.01. The number of carbonyl (C=O) groups is 1. The third-order valence-corrected chi connectivity index (χ3v) is 3.10. The highest BCUT2D eigenvalue weighted by molar-refractivity contribution is 5.83. The zero-order valence-electron chi connectivity index (χ0n) is 9.04. The van der Waals surface area contributed by atoms with Crippen LogP contribution in [0.2, 0.25) is 0 Å². The number of hydrogen-bond donors (Lipinski definition) is 1. The van der Waals surface area contributed by atoms with E-state index >= 15 is 0 Å². The largest absolute Gasteiger partial charge is 0.496 e. The van der Waals surface area contributed by atoms with Crippen LogP contribution in [0.5, 0.6) is 5.75 Å². The van der Waals surface area contributed by atoms with Crippen molar-refractivity contribution >= 4 is 5.91 Å². The normalized spacial score (nSPS) is 18.7. The van der Waals surface area contributed by atoms with E-state index in [0.717, 1.165) is 35.3 Å². The Balaban J connectivity index is 2.53. The monoisotopic (exact) mass is 205 g/mol. The molecule has 0 aliphatic heterocycles. The molecule has 0 heterocycles. The van der Waals surface area contributed by atoms with Gasteiger partial charge in [-0.1, -0.05) is 12.1 Å². The number of ether oxygens (including phenoxy) is 1. The maximum Gasteiger partial charge on any atom is 0.224 e. The molecule has 0 fully saturated rings. The third kappa shape index (κ3) is 1.48. The molecule has 3 nitrogen and oxygen atoms in total. The molecule has 1 atom stereocenters. The highest BCUT2D eigenvalue weighted by Gasteiger charge is 2.29. The molecule has 1 aromatic rings. The number of primary amides is 1. The van der Waals surface area contributed by atoms with Gasteiger partial charge in [-0.3, -0.25) is 4.79 Å². The Morgan fingerprint density at radius 3 is 2.87 bits per heavy atom. The van der Waals surface area contributed by atoms with E-state index in [9.17, 15) is 4.79 Å². The third-order valence-electron chi connectivity index (χ3n) is 3.10. The highest BCUT2D eigenvalue weighted by Crippen LogP contribution is 2.39. The smallest absolute Gasteiger partial charge is 0.224 e. The fraction of sp³-hybridized carbons (Fsp3) is 0.417. The summed E-state index contributed by atoms with van der Waals surface area (Å²) in [5, 5.41) is 0. The second kappa shape index (κ2) is 3.57. The second-order valence-electron chi connectivity index (χ2n) is 3.98. The van der Waals surface area contributed by atoms with Gasteiger partial charge in [0.2, 0.25) is 5.91 Å². The first-order chi connectivity index (χ1) is 7.15. The molecule has 3 heteroatoms. The Morgan fingerprint density at radius 1 is 1.53 bits per heavy atom. The van der Waals surface area contributed by atoms with Gasteiger partial charge in [-0.2, -0.15) is 0 Å². The number of aryl methyl sites for hydroxylation is 1. The van der Waals surface area contributed by atoms with Crippen LogP contribution >= 0.6 is 0 Å². The molecule has 1 aliphatic rings. The maximum absolute atomic E-state index is 11.2. The number of amides is 1. The number of rotatable bonds is 2. The minimum Gasteiger partial charge on any atom is -0.496 e. The highest BCUT2D eigenvalue weighted by atomic mass is 16.5. The van der Waals surface area contributed by atoms with Crippen molar-refractivity contribution in [1.82, 2.24) is 0 Å². The number of carbonyl (C=O) groups excluding carboxylic acids is 1. The van der Waals surface area contributed by atoms with Crippen LogP contribution in [-0.2, 0) is 11.2 Å². The number of nitrogens with two attached hydrogens (primary N) is 1. The molecule has 80 valence electrons. The predicted molar refractivity (Wildman–Crippen MR) is 58.0 cm³/mol. The van der Waals surface area contributed by atoms with E-state index < -0.39 is 0 Å². The molecule has 1 aliphatic carbocycles. The van der Waals surface area contributed by atoms with Gasteiger partial charge in [-0.25, -0.2) is 0 Å². The van der Waals surface area contributed by atoms with Crippen molar-refractivity contribution in [3.63, 3.8) is 0 Å². The Kier molecular flexibility index (Phi) is 2.39. The van der Waals surface area contributed by atoms with E-state index in [4.69, 9.17) is 10.5 Å². The quantitative estimate of drug-likeness (QED) is 0.795. The van der Waals surface area contributed by atoms with Crippen molar-refractivity contribution in [3.05, 3.63) is 28.8 Å². The van der Waals surface area contributed by atoms with Crippen LogP contribution in [0, 0.1) is 6.92 Å². The van der Waals surface area contributed by atoms with Crippen molar-refractivity contribution in [2.75, 3.05) is 7.11 Å². The summed E-state index contributed by atoms with van der Waals surface area (Å²) < 4.78 is 5.36. The van der Waals surface area contributed by atoms with E-state index in [1.807, 2.05) is 19.1 Å². The average Bonchev–Trinajstić information content (AvgIpc) is 2.61. The molecular weight excluding hydrogens is 190 g/mol. The number of fused-ring (bicyclic) bond motifs is 1. The summed E-state index contributed by atoms with van der Waals surface area (Å²) >= 11 is 0. The maximum atomic E-state index is 11.2. The molecule has 1 aromatic carbocycles. The van der Waals surface area contributed by atoms with E-state index in [1.54, 1.807) is 7.11 Å².